The summed E-state index contributed by atoms with van der Waals surface area (Å²) in [4.78, 5) is 23.5. The third kappa shape index (κ3) is 1.07. The number of carbonyl (C=O) groups excluding carboxylic acids is 2. The number of quaternary nitrogens is 1. The predicted octanol–water partition coefficient (Wildman–Crippen LogP) is -2.46. The highest BCUT2D eigenvalue weighted by Gasteiger charge is 2.52. The summed E-state index contributed by atoms with van der Waals surface area (Å²) in [6.45, 7) is 1.71. The van der Waals surface area contributed by atoms with Gasteiger partial charge in [-0.05, 0) is 12.5 Å². The second-order valence-corrected chi connectivity index (χ2v) is 4.54. The molecule has 6 heteroatoms. The van der Waals surface area contributed by atoms with Gasteiger partial charge in [0, 0.05) is 5.75 Å². The Labute approximate surface area is 84.9 Å². The Kier molecular flexibility index (Phi) is 2.04. The fraction of sp³-hybridized carbons (Fsp3) is 0.500. The summed E-state index contributed by atoms with van der Waals surface area (Å²) >= 11 is 1.55. The van der Waals surface area contributed by atoms with Gasteiger partial charge in [-0.1, -0.05) is 0 Å². The van der Waals surface area contributed by atoms with E-state index in [0.29, 0.717) is 11.3 Å². The van der Waals surface area contributed by atoms with Crippen molar-refractivity contribution in [3.8, 4) is 0 Å². The summed E-state index contributed by atoms with van der Waals surface area (Å²) in [5, 5.41) is 10.7. The molecule has 5 nitrogen and oxygen atoms in total. The topological polar surface area (TPSA) is 88.1 Å². The first kappa shape index (κ1) is 9.54. The number of hydrogen-bond donors (Lipinski definition) is 1. The third-order valence-corrected chi connectivity index (χ3v) is 3.94. The van der Waals surface area contributed by atoms with Gasteiger partial charge in [-0.15, -0.1) is 11.8 Å². The van der Waals surface area contributed by atoms with Gasteiger partial charge in [0.2, 0.25) is 0 Å². The van der Waals surface area contributed by atoms with Crippen molar-refractivity contribution in [1.82, 2.24) is 4.90 Å². The second kappa shape index (κ2) is 2.99. The molecule has 0 saturated carbocycles. The van der Waals surface area contributed by atoms with Crippen LogP contribution in [0.1, 0.15) is 6.92 Å². The van der Waals surface area contributed by atoms with Gasteiger partial charge in [0.25, 0.3) is 5.91 Å². The number of amides is 1. The zero-order valence-electron chi connectivity index (χ0n) is 7.65. The van der Waals surface area contributed by atoms with E-state index < -0.39 is 5.97 Å². The van der Waals surface area contributed by atoms with Gasteiger partial charge in [0.15, 0.2) is 6.04 Å². The lowest BCUT2D eigenvalue weighted by Crippen LogP contribution is -2.83. The first-order valence-corrected chi connectivity index (χ1v) is 5.27. The van der Waals surface area contributed by atoms with Crippen LogP contribution in [-0.4, -0.2) is 33.9 Å². The van der Waals surface area contributed by atoms with E-state index >= 15 is 0 Å². The fourth-order valence-corrected chi connectivity index (χ4v) is 2.97. The zero-order chi connectivity index (χ0) is 10.5. The van der Waals surface area contributed by atoms with Gasteiger partial charge >= 0.3 is 0 Å². The van der Waals surface area contributed by atoms with Gasteiger partial charge in [0.1, 0.15) is 5.37 Å². The van der Waals surface area contributed by atoms with Crippen LogP contribution in [0.4, 0.5) is 0 Å². The number of carboxylic acid groups (broad SMARTS) is 1. The summed E-state index contributed by atoms with van der Waals surface area (Å²) in [6.07, 6.45) is 0. The van der Waals surface area contributed by atoms with Crippen molar-refractivity contribution >= 4 is 23.6 Å². The molecule has 2 aliphatic rings. The van der Waals surface area contributed by atoms with Crippen molar-refractivity contribution in [1.29, 1.82) is 0 Å². The maximum Gasteiger partial charge on any atom is 0.289 e. The lowest BCUT2D eigenvalue weighted by molar-refractivity contribution is -0.424. The summed E-state index contributed by atoms with van der Waals surface area (Å²) in [5.41, 5.74) is 4.41. The standard InChI is InChI=1S/C8H10N2O3S/c1-3-2-14-7-4(9)6(11)10(7)5(3)8(12)13/h4,7H,2,9H2,1H3,(H,12,13)/t4-,7+/m0/s1. The SMILES string of the molecule is CC1=C(C(=O)[O-])N2C(=O)[C@H]([NH3+])[C@H]2SC1. The molecule has 2 rings (SSSR count). The molecule has 2 atom stereocenters. The van der Waals surface area contributed by atoms with Crippen LogP contribution in [0.15, 0.2) is 11.3 Å². The van der Waals surface area contributed by atoms with Crippen LogP contribution in [0, 0.1) is 0 Å². The van der Waals surface area contributed by atoms with Crippen LogP contribution < -0.4 is 10.8 Å². The zero-order valence-corrected chi connectivity index (χ0v) is 8.47. The van der Waals surface area contributed by atoms with Crippen molar-refractivity contribution in [2.75, 3.05) is 5.75 Å². The first-order valence-electron chi connectivity index (χ1n) is 4.23. The Balaban J connectivity index is 2.37. The van der Waals surface area contributed by atoms with E-state index in [1.807, 2.05) is 0 Å². The van der Waals surface area contributed by atoms with Crippen molar-refractivity contribution < 1.29 is 20.4 Å². The Bertz CT molecular complexity index is 352. The maximum absolute atomic E-state index is 11.4. The Morgan fingerprint density at radius 1 is 1.71 bits per heavy atom. The van der Waals surface area contributed by atoms with Crippen molar-refractivity contribution in [2.45, 2.75) is 18.3 Å². The van der Waals surface area contributed by atoms with E-state index in [9.17, 15) is 14.7 Å². The number of β-lactam (4-membered cyclic amide) rings is 1. The molecule has 1 saturated heterocycles. The summed E-state index contributed by atoms with van der Waals surface area (Å²) < 4.78 is 0. The number of hydrogen-bond acceptors (Lipinski definition) is 4. The summed E-state index contributed by atoms with van der Waals surface area (Å²) in [7, 11) is 0. The minimum atomic E-state index is -1.27. The van der Waals surface area contributed by atoms with Crippen molar-refractivity contribution in [3.05, 3.63) is 11.3 Å². The molecular formula is C8H10N2O3S. The van der Waals surface area contributed by atoms with E-state index in [2.05, 4.69) is 5.73 Å². The molecule has 0 aromatic rings. The molecule has 0 spiro atoms. The smallest absolute Gasteiger partial charge is 0.289 e. The lowest BCUT2D eigenvalue weighted by atomic mass is 10.0. The number of nitrogens with zero attached hydrogens (tertiary/aromatic N) is 1. The van der Waals surface area contributed by atoms with Crippen LogP contribution >= 0.6 is 11.8 Å². The third-order valence-electron chi connectivity index (χ3n) is 2.46. The highest BCUT2D eigenvalue weighted by Crippen LogP contribution is 2.38. The van der Waals surface area contributed by atoms with Crippen LogP contribution in [0.3, 0.4) is 0 Å². The predicted molar refractivity (Wildman–Crippen MR) is 47.5 cm³/mol. The maximum atomic E-state index is 11.4. The van der Waals surface area contributed by atoms with Gasteiger partial charge in [-0.3, -0.25) is 9.69 Å². The molecule has 1 fully saturated rings. The van der Waals surface area contributed by atoms with Gasteiger partial charge in [-0.2, -0.15) is 0 Å². The Morgan fingerprint density at radius 2 is 2.36 bits per heavy atom. The van der Waals surface area contributed by atoms with E-state index in [-0.39, 0.29) is 23.0 Å². The van der Waals surface area contributed by atoms with Crippen LogP contribution in [0.2, 0.25) is 0 Å². The van der Waals surface area contributed by atoms with E-state index in [4.69, 9.17) is 0 Å². The molecule has 0 aromatic carbocycles. The molecule has 0 aliphatic carbocycles. The Morgan fingerprint density at radius 3 is 2.93 bits per heavy atom. The average molecular weight is 214 g/mol. The number of aliphatic carboxylic acids is 1. The van der Waals surface area contributed by atoms with Gasteiger partial charge in [0.05, 0.1) is 11.7 Å². The molecule has 76 valence electrons. The van der Waals surface area contributed by atoms with Crippen LogP contribution in [-0.2, 0) is 9.59 Å². The molecule has 0 unspecified atom stereocenters. The van der Waals surface area contributed by atoms with Crippen LogP contribution in [0.5, 0.6) is 0 Å². The molecule has 2 aliphatic heterocycles. The van der Waals surface area contributed by atoms with E-state index in [0.717, 1.165) is 0 Å². The minimum absolute atomic E-state index is 0.0404. The number of thioether (sulfide) groups is 1. The average Bonchev–Trinajstić information content (AvgIpc) is 2.15. The second-order valence-electron chi connectivity index (χ2n) is 3.43. The van der Waals surface area contributed by atoms with Crippen LogP contribution in [0.25, 0.3) is 0 Å². The number of fused-ring (bicyclic) bond motifs is 1. The molecule has 1 amide bonds. The van der Waals surface area contributed by atoms with Crippen molar-refractivity contribution in [2.24, 2.45) is 0 Å². The monoisotopic (exact) mass is 214 g/mol. The fourth-order valence-electron chi connectivity index (χ4n) is 1.71. The largest absolute Gasteiger partial charge is 0.543 e. The molecule has 0 radical (unpaired) electrons. The van der Waals surface area contributed by atoms with Gasteiger partial charge in [-0.25, -0.2) is 0 Å². The highest BCUT2D eigenvalue weighted by molar-refractivity contribution is 8.00. The van der Waals surface area contributed by atoms with E-state index in [1.165, 1.54) is 4.90 Å². The molecule has 3 N–H and O–H groups in total. The van der Waals surface area contributed by atoms with Gasteiger partial charge < -0.3 is 15.6 Å². The molecule has 2 heterocycles. The number of carboxylic acids is 1. The molecule has 0 bridgehead atoms. The molecule has 14 heavy (non-hydrogen) atoms. The Hall–Kier alpha value is -1.01. The number of carbonyl (C=O) groups is 2. The molecule has 0 aromatic heterocycles. The van der Waals surface area contributed by atoms with E-state index in [1.54, 1.807) is 18.7 Å². The molecular weight excluding hydrogens is 204 g/mol. The summed E-state index contributed by atoms with van der Waals surface area (Å²) in [6, 6.07) is -0.317. The van der Waals surface area contributed by atoms with Crippen molar-refractivity contribution in [3.63, 3.8) is 0 Å². The summed E-state index contributed by atoms with van der Waals surface area (Å²) in [5.74, 6) is -0.863. The quantitative estimate of drug-likeness (QED) is 0.490. The highest BCUT2D eigenvalue weighted by atomic mass is 32.2. The number of rotatable bonds is 1. The first-order chi connectivity index (χ1) is 6.54. The normalized spacial score (nSPS) is 31.3. The lowest BCUT2D eigenvalue weighted by Gasteiger charge is -2.46. The minimum Gasteiger partial charge on any atom is -0.543 e.